The fourth-order valence-electron chi connectivity index (χ4n) is 5.18. The summed E-state index contributed by atoms with van der Waals surface area (Å²) in [5.41, 5.74) is 7.72. The predicted octanol–water partition coefficient (Wildman–Crippen LogP) is 7.95. The van der Waals surface area contributed by atoms with Crippen molar-refractivity contribution in [1.82, 2.24) is 4.90 Å². The Morgan fingerprint density at radius 1 is 1.16 bits per heavy atom. The lowest BCUT2D eigenvalue weighted by Gasteiger charge is -2.40. The molecular weight excluding hydrogens is 376 g/mol. The van der Waals surface area contributed by atoms with E-state index < -0.39 is 0 Å². The highest BCUT2D eigenvalue weighted by molar-refractivity contribution is 5.65. The van der Waals surface area contributed by atoms with Crippen molar-refractivity contribution in [3.05, 3.63) is 78.2 Å². The first-order valence-corrected chi connectivity index (χ1v) is 12.1. The summed E-state index contributed by atoms with van der Waals surface area (Å²) in [6, 6.07) is 7.31. The lowest BCUT2D eigenvalue weighted by molar-refractivity contribution is 0.230. The molecule has 1 aromatic carbocycles. The summed E-state index contributed by atoms with van der Waals surface area (Å²) < 4.78 is 0. The summed E-state index contributed by atoms with van der Waals surface area (Å²) in [5, 5.41) is 0. The highest BCUT2D eigenvalue weighted by atomic mass is 15.3. The fraction of sp³-hybridized carbons (Fsp3) is 0.517. The third-order valence-corrected chi connectivity index (χ3v) is 6.92. The average Bonchev–Trinajstić information content (AvgIpc) is 3.18. The van der Waals surface area contributed by atoms with Crippen molar-refractivity contribution in [2.45, 2.75) is 85.7 Å². The van der Waals surface area contributed by atoms with Gasteiger partial charge in [0.15, 0.2) is 0 Å². The maximum atomic E-state index is 4.65. The SMILES string of the molecule is C=CN(C(=C)C(C1=CC[C@@H](C(=C)C)CC1)N1CCCC1C)c1c(C)cccc1C.CC. The molecule has 3 rings (SSSR count). The Kier molecular flexibility index (Phi) is 9.37. The molecule has 0 spiro atoms. The Labute approximate surface area is 192 Å². The van der Waals surface area contributed by atoms with E-state index in [2.05, 4.69) is 81.5 Å². The average molecular weight is 421 g/mol. The van der Waals surface area contributed by atoms with Gasteiger partial charge in [0.2, 0.25) is 0 Å². The molecule has 1 saturated heterocycles. The first-order chi connectivity index (χ1) is 14.8. The van der Waals surface area contributed by atoms with Gasteiger partial charge >= 0.3 is 0 Å². The molecule has 0 aromatic heterocycles. The van der Waals surface area contributed by atoms with Crippen molar-refractivity contribution in [1.29, 1.82) is 0 Å². The van der Waals surface area contributed by atoms with Gasteiger partial charge in [-0.1, -0.05) is 69.0 Å². The second-order valence-corrected chi connectivity index (χ2v) is 9.01. The van der Waals surface area contributed by atoms with E-state index in [1.165, 1.54) is 47.2 Å². The third kappa shape index (κ3) is 5.60. The van der Waals surface area contributed by atoms with Crippen molar-refractivity contribution >= 4 is 5.69 Å². The second kappa shape index (κ2) is 11.5. The van der Waals surface area contributed by atoms with Gasteiger partial charge in [-0.05, 0) is 83.4 Å². The molecule has 0 saturated carbocycles. The number of allylic oxidation sites excluding steroid dienone is 2. The molecule has 0 N–H and O–H groups in total. The summed E-state index contributed by atoms with van der Waals surface area (Å²) in [4.78, 5) is 4.91. The Bertz CT molecular complexity index is 796. The van der Waals surface area contributed by atoms with Crippen LogP contribution in [0.4, 0.5) is 5.69 Å². The molecule has 3 atom stereocenters. The van der Waals surface area contributed by atoms with Crippen LogP contribution in [0.25, 0.3) is 0 Å². The molecule has 0 radical (unpaired) electrons. The van der Waals surface area contributed by atoms with Crippen LogP contribution >= 0.6 is 0 Å². The highest BCUT2D eigenvalue weighted by Gasteiger charge is 2.35. The molecule has 1 aromatic rings. The zero-order valence-corrected chi connectivity index (χ0v) is 20.9. The number of nitrogens with zero attached hydrogens (tertiary/aromatic N) is 2. The van der Waals surface area contributed by atoms with Gasteiger partial charge in [-0.15, -0.1) is 0 Å². The van der Waals surface area contributed by atoms with Crippen LogP contribution in [0.1, 0.15) is 70.9 Å². The van der Waals surface area contributed by atoms with E-state index in [9.17, 15) is 0 Å². The zero-order chi connectivity index (χ0) is 23.1. The van der Waals surface area contributed by atoms with Crippen LogP contribution < -0.4 is 4.90 Å². The summed E-state index contributed by atoms with van der Waals surface area (Å²) >= 11 is 0. The monoisotopic (exact) mass is 420 g/mol. The molecule has 1 aliphatic carbocycles. The molecule has 2 heteroatoms. The number of anilines is 1. The van der Waals surface area contributed by atoms with Gasteiger partial charge in [0.05, 0.1) is 11.7 Å². The number of hydrogen-bond acceptors (Lipinski definition) is 2. The van der Waals surface area contributed by atoms with Gasteiger partial charge in [0, 0.05) is 17.9 Å². The molecule has 1 fully saturated rings. The molecule has 0 bridgehead atoms. The maximum Gasteiger partial charge on any atom is 0.0715 e. The van der Waals surface area contributed by atoms with Crippen LogP contribution in [0.2, 0.25) is 0 Å². The number of likely N-dealkylation sites (tertiary alicyclic amines) is 1. The summed E-state index contributed by atoms with van der Waals surface area (Å²) in [6.07, 6.45) is 10.4. The van der Waals surface area contributed by atoms with Crippen LogP contribution in [0.15, 0.2) is 67.1 Å². The fourth-order valence-corrected chi connectivity index (χ4v) is 5.18. The molecule has 170 valence electrons. The van der Waals surface area contributed by atoms with Gasteiger partial charge in [0.1, 0.15) is 0 Å². The van der Waals surface area contributed by atoms with Crippen molar-refractivity contribution in [2.24, 2.45) is 5.92 Å². The molecule has 2 unspecified atom stereocenters. The number of hydrogen-bond donors (Lipinski definition) is 0. The topological polar surface area (TPSA) is 6.48 Å². The number of para-hydroxylation sites is 1. The first-order valence-electron chi connectivity index (χ1n) is 12.1. The van der Waals surface area contributed by atoms with E-state index in [1.807, 2.05) is 20.0 Å². The molecule has 2 nitrogen and oxygen atoms in total. The van der Waals surface area contributed by atoms with Crippen molar-refractivity contribution < 1.29 is 0 Å². The van der Waals surface area contributed by atoms with E-state index in [0.29, 0.717) is 12.0 Å². The Hall–Kier alpha value is -2.06. The summed E-state index contributed by atoms with van der Waals surface area (Å²) in [6.45, 7) is 27.0. The minimum Gasteiger partial charge on any atom is -0.320 e. The highest BCUT2D eigenvalue weighted by Crippen LogP contribution is 2.38. The Morgan fingerprint density at radius 2 is 1.81 bits per heavy atom. The molecule has 0 amide bonds. The summed E-state index contributed by atoms with van der Waals surface area (Å²) in [7, 11) is 0. The molecule has 1 aliphatic heterocycles. The van der Waals surface area contributed by atoms with Crippen LogP contribution in [-0.4, -0.2) is 23.5 Å². The first kappa shape index (κ1) is 25.2. The third-order valence-electron chi connectivity index (χ3n) is 6.92. The van der Waals surface area contributed by atoms with Gasteiger partial charge in [0.25, 0.3) is 0 Å². The van der Waals surface area contributed by atoms with E-state index in [1.54, 1.807) is 0 Å². The van der Waals surface area contributed by atoms with Crippen molar-refractivity contribution in [3.8, 4) is 0 Å². The van der Waals surface area contributed by atoms with Gasteiger partial charge in [-0.25, -0.2) is 0 Å². The molecule has 31 heavy (non-hydrogen) atoms. The van der Waals surface area contributed by atoms with E-state index in [-0.39, 0.29) is 6.04 Å². The summed E-state index contributed by atoms with van der Waals surface area (Å²) in [5.74, 6) is 0.623. The smallest absolute Gasteiger partial charge is 0.0715 e. The molecular formula is C29H44N2. The standard InChI is InChI=1S/C27H38N2.C2H6/c1-8-28(26-20(4)11-9-12-21(26)5)23(7)27(29-18-10-13-22(29)6)25-16-14-24(15-17-25)19(2)3;1-2/h8-9,11-12,16,22,24,27H,1-2,7,10,13-15,17-18H2,3-6H3;1-2H3/t22?,24-,27?;/m1./s1. The normalized spacial score (nSPS) is 22.1. The minimum atomic E-state index is 0.246. The second-order valence-electron chi connectivity index (χ2n) is 9.01. The number of aryl methyl sites for hydroxylation is 2. The lowest BCUT2D eigenvalue weighted by atomic mass is 9.82. The Balaban J connectivity index is 0.00000166. The van der Waals surface area contributed by atoms with E-state index >= 15 is 0 Å². The van der Waals surface area contributed by atoms with Gasteiger partial charge in [-0.2, -0.15) is 0 Å². The Morgan fingerprint density at radius 3 is 2.26 bits per heavy atom. The van der Waals surface area contributed by atoms with Crippen LogP contribution in [0.5, 0.6) is 0 Å². The number of rotatable bonds is 7. The van der Waals surface area contributed by atoms with Crippen LogP contribution in [0.3, 0.4) is 0 Å². The van der Waals surface area contributed by atoms with Gasteiger partial charge < -0.3 is 4.90 Å². The van der Waals surface area contributed by atoms with Gasteiger partial charge in [-0.3, -0.25) is 4.90 Å². The van der Waals surface area contributed by atoms with Crippen LogP contribution in [-0.2, 0) is 0 Å². The quantitative estimate of drug-likeness (QED) is 0.413. The van der Waals surface area contributed by atoms with E-state index in [4.69, 9.17) is 0 Å². The largest absolute Gasteiger partial charge is 0.320 e. The van der Waals surface area contributed by atoms with Crippen molar-refractivity contribution in [2.75, 3.05) is 11.4 Å². The minimum absolute atomic E-state index is 0.246. The molecule has 2 aliphatic rings. The number of benzene rings is 1. The lowest BCUT2D eigenvalue weighted by Crippen LogP contribution is -2.44. The van der Waals surface area contributed by atoms with E-state index in [0.717, 1.165) is 25.1 Å². The molecule has 1 heterocycles. The maximum absolute atomic E-state index is 4.65. The predicted molar refractivity (Wildman–Crippen MR) is 139 cm³/mol. The van der Waals surface area contributed by atoms with Crippen molar-refractivity contribution in [3.63, 3.8) is 0 Å². The van der Waals surface area contributed by atoms with Crippen LogP contribution in [0, 0.1) is 19.8 Å². The zero-order valence-electron chi connectivity index (χ0n) is 20.9.